The fraction of sp³-hybridized carbons (Fsp3) is 0.692. The van der Waals surface area contributed by atoms with Crippen molar-refractivity contribution < 1.29 is 29.4 Å². The smallest absolute Gasteiger partial charge is 0.322 e. The van der Waals surface area contributed by atoms with E-state index in [2.05, 4.69) is 16.0 Å². The topological polar surface area (TPSA) is 171 Å². The van der Waals surface area contributed by atoms with Gasteiger partial charge < -0.3 is 31.9 Å². The molecule has 0 fully saturated rings. The average molecular weight is 364 g/mol. The zero-order valence-electron chi connectivity index (χ0n) is 13.6. The number of nitrogens with one attached hydrogen (secondary N) is 3. The summed E-state index contributed by atoms with van der Waals surface area (Å²) in [5.74, 6) is -2.71. The van der Waals surface area contributed by atoms with Gasteiger partial charge in [-0.25, -0.2) is 0 Å². The molecule has 0 aromatic rings. The molecule has 3 unspecified atom stereocenters. The van der Waals surface area contributed by atoms with Crippen LogP contribution in [0.25, 0.3) is 0 Å². The summed E-state index contributed by atoms with van der Waals surface area (Å²) in [5.41, 5.74) is 5.37. The third kappa shape index (κ3) is 8.70. The molecule has 0 saturated carbocycles. The predicted octanol–water partition coefficient (Wildman–Crippen LogP) is -2.75. The Balaban J connectivity index is 4.83. The number of carbonyl (C=O) groups excluding carboxylic acids is 3. The monoisotopic (exact) mass is 364 g/mol. The molecule has 0 rings (SSSR count). The highest BCUT2D eigenvalue weighted by Gasteiger charge is 2.26. The minimum absolute atomic E-state index is 0.262. The van der Waals surface area contributed by atoms with Crippen LogP contribution in [0.1, 0.15) is 13.3 Å². The molecule has 11 heteroatoms. The van der Waals surface area contributed by atoms with E-state index in [-0.39, 0.29) is 6.42 Å². The molecule has 3 atom stereocenters. The molecule has 0 aromatic heterocycles. The molecular formula is C13H24N4O6S. The minimum atomic E-state index is -1.26. The Labute approximate surface area is 143 Å². The number of thioether (sulfide) groups is 1. The zero-order valence-corrected chi connectivity index (χ0v) is 14.4. The number of aliphatic hydroxyl groups excluding tert-OH is 1. The van der Waals surface area contributed by atoms with Crippen molar-refractivity contribution in [3.8, 4) is 0 Å². The highest BCUT2D eigenvalue weighted by molar-refractivity contribution is 7.98. The van der Waals surface area contributed by atoms with Crippen molar-refractivity contribution in [1.82, 2.24) is 16.0 Å². The summed E-state index contributed by atoms with van der Waals surface area (Å²) in [4.78, 5) is 46.1. The van der Waals surface area contributed by atoms with E-state index < -0.39 is 55.0 Å². The number of aliphatic carboxylic acids is 1. The predicted molar refractivity (Wildman–Crippen MR) is 88.2 cm³/mol. The van der Waals surface area contributed by atoms with Crippen molar-refractivity contribution in [2.24, 2.45) is 5.73 Å². The number of hydrogen-bond donors (Lipinski definition) is 6. The van der Waals surface area contributed by atoms with Gasteiger partial charge in [0, 0.05) is 0 Å². The molecule has 0 bridgehead atoms. The fourth-order valence-electron chi connectivity index (χ4n) is 1.56. The summed E-state index contributed by atoms with van der Waals surface area (Å²) < 4.78 is 0. The molecule has 7 N–H and O–H groups in total. The van der Waals surface area contributed by atoms with Gasteiger partial charge in [-0.05, 0) is 25.4 Å². The number of hydrogen-bond acceptors (Lipinski definition) is 7. The van der Waals surface area contributed by atoms with Crippen molar-refractivity contribution >= 4 is 35.5 Å². The van der Waals surface area contributed by atoms with Crippen LogP contribution in [0.5, 0.6) is 0 Å². The van der Waals surface area contributed by atoms with E-state index in [0.29, 0.717) is 5.75 Å². The van der Waals surface area contributed by atoms with Gasteiger partial charge in [-0.3, -0.25) is 19.2 Å². The van der Waals surface area contributed by atoms with Crippen molar-refractivity contribution in [2.45, 2.75) is 31.5 Å². The molecule has 0 aliphatic carbocycles. The van der Waals surface area contributed by atoms with Crippen LogP contribution in [0.2, 0.25) is 0 Å². The number of carboxylic acid groups (broad SMARTS) is 1. The molecule has 0 aromatic carbocycles. The quantitative estimate of drug-likeness (QED) is 0.229. The Morgan fingerprint density at radius 1 is 1.08 bits per heavy atom. The highest BCUT2D eigenvalue weighted by Crippen LogP contribution is 2.02. The third-order valence-electron chi connectivity index (χ3n) is 2.89. The van der Waals surface area contributed by atoms with Gasteiger partial charge in [-0.15, -0.1) is 0 Å². The van der Waals surface area contributed by atoms with E-state index in [4.69, 9.17) is 10.8 Å². The normalized spacial score (nSPS) is 14.2. The number of aliphatic hydroxyl groups is 1. The lowest BCUT2D eigenvalue weighted by atomic mass is 10.1. The Kier molecular flexibility index (Phi) is 10.8. The van der Waals surface area contributed by atoms with E-state index in [1.54, 1.807) is 0 Å². The summed E-state index contributed by atoms with van der Waals surface area (Å²) in [5, 5.41) is 24.7. The molecule has 138 valence electrons. The second kappa shape index (κ2) is 11.6. The van der Waals surface area contributed by atoms with Crippen LogP contribution in [0, 0.1) is 0 Å². The number of carboxylic acids is 1. The second-order valence-electron chi connectivity index (χ2n) is 4.99. The number of nitrogens with two attached hydrogens (primary N) is 1. The number of rotatable bonds is 11. The van der Waals surface area contributed by atoms with Crippen LogP contribution < -0.4 is 21.7 Å². The van der Waals surface area contributed by atoms with Crippen molar-refractivity contribution in [3.05, 3.63) is 0 Å². The van der Waals surface area contributed by atoms with Gasteiger partial charge in [0.25, 0.3) is 0 Å². The van der Waals surface area contributed by atoms with E-state index in [1.807, 2.05) is 6.26 Å². The van der Waals surface area contributed by atoms with Crippen LogP contribution in [0.15, 0.2) is 0 Å². The van der Waals surface area contributed by atoms with Gasteiger partial charge in [0.05, 0.1) is 12.6 Å². The number of amides is 3. The lowest BCUT2D eigenvalue weighted by Gasteiger charge is -2.22. The number of carbonyl (C=O) groups is 4. The fourth-order valence-corrected chi connectivity index (χ4v) is 2.03. The highest BCUT2D eigenvalue weighted by atomic mass is 32.2. The largest absolute Gasteiger partial charge is 0.480 e. The molecular weight excluding hydrogens is 340 g/mol. The van der Waals surface area contributed by atoms with E-state index in [0.717, 1.165) is 0 Å². The molecule has 3 amide bonds. The van der Waals surface area contributed by atoms with Crippen LogP contribution in [-0.2, 0) is 19.2 Å². The average Bonchev–Trinajstić information content (AvgIpc) is 2.53. The maximum atomic E-state index is 12.1. The molecule has 24 heavy (non-hydrogen) atoms. The molecule has 0 aliphatic heterocycles. The summed E-state index contributed by atoms with van der Waals surface area (Å²) in [7, 11) is 0. The first-order valence-corrected chi connectivity index (χ1v) is 8.57. The molecule has 0 aliphatic rings. The summed E-state index contributed by atoms with van der Waals surface area (Å²) in [6.45, 7) is 0.175. The lowest BCUT2D eigenvalue weighted by Crippen LogP contribution is -2.57. The maximum Gasteiger partial charge on any atom is 0.322 e. The maximum absolute atomic E-state index is 12.1. The van der Waals surface area contributed by atoms with Gasteiger partial charge in [0.15, 0.2) is 0 Å². The standard InChI is InChI=1S/C13H24N4O6S/c1-7(14)11(21)17-9(6-18)13(23)16-8(3-4-24-2)12(22)15-5-10(19)20/h7-9,18H,3-6,14H2,1-2H3,(H,15,22)(H,16,23)(H,17,21)(H,19,20). The van der Waals surface area contributed by atoms with E-state index in [9.17, 15) is 24.3 Å². The molecule has 0 spiro atoms. The van der Waals surface area contributed by atoms with Crippen LogP contribution >= 0.6 is 11.8 Å². The zero-order chi connectivity index (χ0) is 18.7. The molecule has 0 saturated heterocycles. The van der Waals surface area contributed by atoms with Gasteiger partial charge in [-0.1, -0.05) is 0 Å². The second-order valence-corrected chi connectivity index (χ2v) is 5.97. The molecule has 0 heterocycles. The summed E-state index contributed by atoms with van der Waals surface area (Å²) in [6, 6.07) is -3.10. The summed E-state index contributed by atoms with van der Waals surface area (Å²) >= 11 is 1.44. The first-order valence-electron chi connectivity index (χ1n) is 7.18. The Morgan fingerprint density at radius 2 is 1.67 bits per heavy atom. The van der Waals surface area contributed by atoms with Gasteiger partial charge in [0.1, 0.15) is 18.6 Å². The first kappa shape index (κ1) is 22.1. The summed E-state index contributed by atoms with van der Waals surface area (Å²) in [6.07, 6.45) is 2.07. The van der Waals surface area contributed by atoms with E-state index in [1.165, 1.54) is 18.7 Å². The molecule has 0 radical (unpaired) electrons. The minimum Gasteiger partial charge on any atom is -0.480 e. The van der Waals surface area contributed by atoms with Crippen molar-refractivity contribution in [3.63, 3.8) is 0 Å². The Hall–Kier alpha value is -1.85. The van der Waals surface area contributed by atoms with Crippen LogP contribution in [-0.4, -0.2) is 77.2 Å². The van der Waals surface area contributed by atoms with Crippen molar-refractivity contribution in [1.29, 1.82) is 0 Å². The van der Waals surface area contributed by atoms with Crippen LogP contribution in [0.4, 0.5) is 0 Å². The van der Waals surface area contributed by atoms with Crippen molar-refractivity contribution in [2.75, 3.05) is 25.2 Å². The Morgan fingerprint density at radius 3 is 2.12 bits per heavy atom. The van der Waals surface area contributed by atoms with E-state index >= 15 is 0 Å². The van der Waals surface area contributed by atoms with Crippen LogP contribution in [0.3, 0.4) is 0 Å². The lowest BCUT2D eigenvalue weighted by molar-refractivity contribution is -0.138. The molecule has 10 nitrogen and oxygen atoms in total. The van der Waals surface area contributed by atoms with Gasteiger partial charge >= 0.3 is 5.97 Å². The SMILES string of the molecule is CSCCC(NC(=O)C(CO)NC(=O)C(C)N)C(=O)NCC(=O)O. The Bertz CT molecular complexity index is 460. The van der Waals surface area contributed by atoms with Gasteiger partial charge in [0.2, 0.25) is 17.7 Å². The third-order valence-corrected chi connectivity index (χ3v) is 3.53. The van der Waals surface area contributed by atoms with Gasteiger partial charge in [-0.2, -0.15) is 11.8 Å². The first-order chi connectivity index (χ1) is 11.2.